The van der Waals surface area contributed by atoms with Crippen LogP contribution in [0.15, 0.2) is 30.6 Å². The third-order valence-electron chi connectivity index (χ3n) is 2.94. The summed E-state index contributed by atoms with van der Waals surface area (Å²) in [7, 11) is 0. The molecule has 0 aromatic carbocycles. The zero-order valence-electron chi connectivity index (χ0n) is 10.2. The number of aromatic nitrogens is 2. The van der Waals surface area contributed by atoms with Gasteiger partial charge in [-0.1, -0.05) is 6.92 Å². The minimum absolute atomic E-state index is 0.761. The van der Waals surface area contributed by atoms with Gasteiger partial charge in [0, 0.05) is 35.8 Å². The fraction of sp³-hybridized carbons (Fsp3) is 0.286. The minimum Gasteiger partial charge on any atom is -0.344 e. The highest BCUT2D eigenvalue weighted by Gasteiger charge is 2.12. The van der Waals surface area contributed by atoms with Gasteiger partial charge in [0.25, 0.3) is 0 Å². The largest absolute Gasteiger partial charge is 0.344 e. The number of carbonyl (C=O) groups is 1. The van der Waals surface area contributed by atoms with E-state index in [1.54, 1.807) is 6.20 Å². The molecule has 0 N–H and O–H groups in total. The molecule has 0 aliphatic carbocycles. The van der Waals surface area contributed by atoms with Crippen molar-refractivity contribution in [2.75, 3.05) is 0 Å². The first-order valence-electron chi connectivity index (χ1n) is 5.83. The summed E-state index contributed by atoms with van der Waals surface area (Å²) in [6, 6.07) is 5.87. The zero-order chi connectivity index (χ0) is 12.3. The third-order valence-corrected chi connectivity index (χ3v) is 2.94. The van der Waals surface area contributed by atoms with Gasteiger partial charge < -0.3 is 4.57 Å². The van der Waals surface area contributed by atoms with E-state index in [-0.39, 0.29) is 0 Å². The monoisotopic (exact) mass is 228 g/mol. The highest BCUT2D eigenvalue weighted by molar-refractivity contribution is 5.80. The van der Waals surface area contributed by atoms with Crippen LogP contribution >= 0.6 is 0 Å². The van der Waals surface area contributed by atoms with Crippen LogP contribution in [-0.2, 0) is 6.54 Å². The molecule has 3 heteroatoms. The molecule has 2 aromatic heterocycles. The lowest BCUT2D eigenvalue weighted by Gasteiger charge is -2.10. The van der Waals surface area contributed by atoms with Gasteiger partial charge >= 0.3 is 0 Å². The average molecular weight is 228 g/mol. The molecule has 0 fully saturated rings. The van der Waals surface area contributed by atoms with E-state index in [2.05, 4.69) is 16.5 Å². The lowest BCUT2D eigenvalue weighted by Crippen LogP contribution is -2.02. The molecule has 0 aliphatic rings. The molecule has 0 saturated carbocycles. The number of aldehydes is 1. The fourth-order valence-electron chi connectivity index (χ4n) is 2.05. The molecular weight excluding hydrogens is 212 g/mol. The molecule has 17 heavy (non-hydrogen) atoms. The Balaban J connectivity index is 2.56. The minimum atomic E-state index is 0.761. The topological polar surface area (TPSA) is 34.9 Å². The second-order valence-electron chi connectivity index (χ2n) is 4.08. The van der Waals surface area contributed by atoms with Crippen molar-refractivity contribution >= 4 is 6.29 Å². The second-order valence-corrected chi connectivity index (χ2v) is 4.08. The van der Waals surface area contributed by atoms with Gasteiger partial charge in [-0.15, -0.1) is 0 Å². The van der Waals surface area contributed by atoms with Crippen LogP contribution in [0.25, 0.3) is 11.3 Å². The van der Waals surface area contributed by atoms with Gasteiger partial charge in [0.1, 0.15) is 0 Å². The standard InChI is InChI=1S/C14H16N2O/c1-3-7-16-11(2)13(10-17)8-14(16)12-5-4-6-15-9-12/h4-6,8-10H,3,7H2,1-2H3. The van der Waals surface area contributed by atoms with E-state index in [0.29, 0.717) is 0 Å². The molecular formula is C14H16N2O. The zero-order valence-corrected chi connectivity index (χ0v) is 10.2. The van der Waals surface area contributed by atoms with E-state index < -0.39 is 0 Å². The maximum atomic E-state index is 11.0. The van der Waals surface area contributed by atoms with Crippen molar-refractivity contribution in [3.05, 3.63) is 41.9 Å². The first-order valence-corrected chi connectivity index (χ1v) is 5.83. The van der Waals surface area contributed by atoms with E-state index in [0.717, 1.165) is 41.8 Å². The number of carbonyl (C=O) groups excluding carboxylic acids is 1. The van der Waals surface area contributed by atoms with Crippen molar-refractivity contribution in [2.45, 2.75) is 26.8 Å². The molecule has 2 rings (SSSR count). The molecule has 2 heterocycles. The Morgan fingerprint density at radius 2 is 2.29 bits per heavy atom. The van der Waals surface area contributed by atoms with E-state index in [1.807, 2.05) is 31.3 Å². The molecule has 0 aliphatic heterocycles. The highest BCUT2D eigenvalue weighted by Crippen LogP contribution is 2.24. The Hall–Kier alpha value is -1.90. The summed E-state index contributed by atoms with van der Waals surface area (Å²) in [5, 5.41) is 0. The van der Waals surface area contributed by atoms with Gasteiger partial charge in [-0.25, -0.2) is 0 Å². The number of hydrogen-bond acceptors (Lipinski definition) is 2. The Labute approximate surface area is 101 Å². The molecule has 0 saturated heterocycles. The van der Waals surface area contributed by atoms with Crippen LogP contribution in [0.2, 0.25) is 0 Å². The quantitative estimate of drug-likeness (QED) is 0.754. The van der Waals surface area contributed by atoms with Gasteiger partial charge in [-0.05, 0) is 31.5 Å². The Kier molecular flexibility index (Phi) is 3.38. The van der Waals surface area contributed by atoms with Gasteiger partial charge in [0.2, 0.25) is 0 Å². The fourth-order valence-corrected chi connectivity index (χ4v) is 2.05. The van der Waals surface area contributed by atoms with Crippen molar-refractivity contribution in [2.24, 2.45) is 0 Å². The maximum Gasteiger partial charge on any atom is 0.151 e. The Morgan fingerprint density at radius 3 is 2.88 bits per heavy atom. The van der Waals surface area contributed by atoms with Crippen molar-refractivity contribution in [3.63, 3.8) is 0 Å². The Bertz CT molecular complexity index is 515. The van der Waals surface area contributed by atoms with Gasteiger partial charge in [0.15, 0.2) is 6.29 Å². The Morgan fingerprint density at radius 1 is 1.47 bits per heavy atom. The van der Waals surface area contributed by atoms with Crippen molar-refractivity contribution in [3.8, 4) is 11.3 Å². The summed E-state index contributed by atoms with van der Waals surface area (Å²) in [5.74, 6) is 0. The lowest BCUT2D eigenvalue weighted by molar-refractivity contribution is 0.112. The van der Waals surface area contributed by atoms with Gasteiger partial charge in [-0.2, -0.15) is 0 Å². The van der Waals surface area contributed by atoms with Gasteiger partial charge in [-0.3, -0.25) is 9.78 Å². The molecule has 0 unspecified atom stereocenters. The van der Waals surface area contributed by atoms with Crippen LogP contribution in [0.5, 0.6) is 0 Å². The van der Waals surface area contributed by atoms with Crippen LogP contribution in [0, 0.1) is 6.92 Å². The molecule has 0 amide bonds. The third kappa shape index (κ3) is 2.13. The van der Waals surface area contributed by atoms with E-state index in [1.165, 1.54) is 0 Å². The van der Waals surface area contributed by atoms with Crippen molar-refractivity contribution in [1.29, 1.82) is 0 Å². The molecule has 0 spiro atoms. The van der Waals surface area contributed by atoms with E-state index in [9.17, 15) is 4.79 Å². The number of hydrogen-bond donors (Lipinski definition) is 0. The maximum absolute atomic E-state index is 11.0. The summed E-state index contributed by atoms with van der Waals surface area (Å²) < 4.78 is 2.18. The summed E-state index contributed by atoms with van der Waals surface area (Å²) in [6.07, 6.45) is 5.54. The summed E-state index contributed by atoms with van der Waals surface area (Å²) in [6.45, 7) is 5.04. The highest BCUT2D eigenvalue weighted by atomic mass is 16.1. The van der Waals surface area contributed by atoms with E-state index in [4.69, 9.17) is 0 Å². The summed E-state index contributed by atoms with van der Waals surface area (Å²) in [4.78, 5) is 15.1. The van der Waals surface area contributed by atoms with Crippen molar-refractivity contribution in [1.82, 2.24) is 9.55 Å². The SMILES string of the molecule is CCCn1c(-c2cccnc2)cc(C=O)c1C. The van der Waals surface area contributed by atoms with Crippen LogP contribution in [0.1, 0.15) is 29.4 Å². The summed E-state index contributed by atoms with van der Waals surface area (Å²) in [5.41, 5.74) is 3.91. The smallest absolute Gasteiger partial charge is 0.151 e. The molecule has 2 aromatic rings. The van der Waals surface area contributed by atoms with Gasteiger partial charge in [0.05, 0.1) is 5.69 Å². The van der Waals surface area contributed by atoms with Crippen LogP contribution < -0.4 is 0 Å². The summed E-state index contributed by atoms with van der Waals surface area (Å²) >= 11 is 0. The average Bonchev–Trinajstić information content (AvgIpc) is 2.69. The first-order chi connectivity index (χ1) is 8.27. The van der Waals surface area contributed by atoms with Crippen LogP contribution in [-0.4, -0.2) is 15.8 Å². The predicted octanol–water partition coefficient (Wildman–Crippen LogP) is 3.08. The van der Waals surface area contributed by atoms with Crippen LogP contribution in [0.3, 0.4) is 0 Å². The number of rotatable bonds is 4. The molecule has 3 nitrogen and oxygen atoms in total. The second kappa shape index (κ2) is 4.95. The van der Waals surface area contributed by atoms with Crippen molar-refractivity contribution < 1.29 is 4.79 Å². The molecule has 0 bridgehead atoms. The lowest BCUT2D eigenvalue weighted by atomic mass is 10.2. The molecule has 0 atom stereocenters. The first kappa shape index (κ1) is 11.6. The number of nitrogens with zero attached hydrogens (tertiary/aromatic N) is 2. The molecule has 0 radical (unpaired) electrons. The van der Waals surface area contributed by atoms with E-state index >= 15 is 0 Å². The molecule has 88 valence electrons. The van der Waals surface area contributed by atoms with Crippen LogP contribution in [0.4, 0.5) is 0 Å². The normalized spacial score (nSPS) is 10.5. The number of pyridine rings is 1. The predicted molar refractivity (Wildman–Crippen MR) is 68.1 cm³/mol.